The molecule has 0 saturated heterocycles. The number of nitrogens with one attached hydrogen (secondary N) is 2. The van der Waals surface area contributed by atoms with Crippen molar-refractivity contribution in [1.82, 2.24) is 10.3 Å². The quantitative estimate of drug-likeness (QED) is 0.885. The van der Waals surface area contributed by atoms with Gasteiger partial charge in [0.05, 0.1) is 12.7 Å². The number of anilines is 1. The highest BCUT2D eigenvalue weighted by Gasteiger charge is 2.15. The van der Waals surface area contributed by atoms with E-state index in [1.54, 1.807) is 20.2 Å². The van der Waals surface area contributed by atoms with E-state index in [0.29, 0.717) is 5.75 Å². The molecule has 0 bridgehead atoms. The summed E-state index contributed by atoms with van der Waals surface area (Å²) in [6.07, 6.45) is 1.38. The monoisotopic (exact) mass is 289 g/mol. The molecule has 0 unspecified atom stereocenters. The molecule has 6 heteroatoms. The lowest BCUT2D eigenvalue weighted by Gasteiger charge is -2.10. The Labute approximate surface area is 122 Å². The molecule has 1 aromatic heterocycles. The maximum absolute atomic E-state index is 14.0. The molecular weight excluding hydrogens is 273 g/mol. The average molecular weight is 289 g/mol. The van der Waals surface area contributed by atoms with E-state index in [9.17, 15) is 9.18 Å². The Morgan fingerprint density at radius 2 is 2.10 bits per heavy atom. The number of amides is 1. The van der Waals surface area contributed by atoms with E-state index < -0.39 is 11.7 Å². The van der Waals surface area contributed by atoms with E-state index >= 15 is 0 Å². The van der Waals surface area contributed by atoms with Gasteiger partial charge in [-0.25, -0.2) is 9.37 Å². The number of hydrogen-bond acceptors (Lipinski definition) is 4. The van der Waals surface area contributed by atoms with Gasteiger partial charge in [0.2, 0.25) is 0 Å². The molecule has 0 aliphatic carbocycles. The van der Waals surface area contributed by atoms with Crippen LogP contribution < -0.4 is 15.4 Å². The largest absolute Gasteiger partial charge is 0.496 e. The standard InChI is InChI=1S/C15H16FN3O2/c1-17-14-13(16)11(7-8-18-14)15(20)19-9-10-5-3-4-6-12(10)21-2/h3-8H,9H2,1-2H3,(H,17,18)(H,19,20). The van der Waals surface area contributed by atoms with Gasteiger partial charge in [-0.2, -0.15) is 0 Å². The van der Waals surface area contributed by atoms with Gasteiger partial charge in [0, 0.05) is 25.4 Å². The van der Waals surface area contributed by atoms with Crippen LogP contribution >= 0.6 is 0 Å². The zero-order valence-electron chi connectivity index (χ0n) is 11.8. The van der Waals surface area contributed by atoms with Gasteiger partial charge >= 0.3 is 0 Å². The Morgan fingerprint density at radius 1 is 1.33 bits per heavy atom. The summed E-state index contributed by atoms with van der Waals surface area (Å²) in [6.45, 7) is 0.250. The number of carbonyl (C=O) groups is 1. The van der Waals surface area contributed by atoms with Crippen LogP contribution in [0.2, 0.25) is 0 Å². The molecule has 1 amide bonds. The van der Waals surface area contributed by atoms with Crippen molar-refractivity contribution in [2.75, 3.05) is 19.5 Å². The van der Waals surface area contributed by atoms with Crippen LogP contribution in [0.15, 0.2) is 36.5 Å². The minimum atomic E-state index is -0.669. The van der Waals surface area contributed by atoms with E-state index in [1.807, 2.05) is 18.2 Å². The lowest BCUT2D eigenvalue weighted by molar-refractivity contribution is 0.0946. The van der Waals surface area contributed by atoms with Crippen LogP contribution in [0.5, 0.6) is 5.75 Å². The van der Waals surface area contributed by atoms with Crippen LogP contribution in [0.4, 0.5) is 10.2 Å². The summed E-state index contributed by atoms with van der Waals surface area (Å²) in [5.41, 5.74) is 0.765. The van der Waals surface area contributed by atoms with Gasteiger partial charge in [-0.3, -0.25) is 4.79 Å². The van der Waals surface area contributed by atoms with Crippen LogP contribution in [0, 0.1) is 5.82 Å². The molecule has 0 aliphatic heterocycles. The summed E-state index contributed by atoms with van der Waals surface area (Å²) in [5, 5.41) is 5.26. The number of para-hydroxylation sites is 1. The molecule has 1 aromatic carbocycles. The van der Waals surface area contributed by atoms with Crippen molar-refractivity contribution in [3.05, 3.63) is 53.5 Å². The summed E-state index contributed by atoms with van der Waals surface area (Å²) in [4.78, 5) is 15.9. The number of halogens is 1. The van der Waals surface area contributed by atoms with E-state index in [2.05, 4.69) is 15.6 Å². The molecule has 21 heavy (non-hydrogen) atoms. The van der Waals surface area contributed by atoms with Crippen molar-refractivity contribution in [2.24, 2.45) is 0 Å². The number of ether oxygens (including phenoxy) is 1. The van der Waals surface area contributed by atoms with Gasteiger partial charge in [0.1, 0.15) is 5.75 Å². The number of benzene rings is 1. The van der Waals surface area contributed by atoms with Gasteiger partial charge in [-0.15, -0.1) is 0 Å². The molecule has 2 rings (SSSR count). The second-order valence-electron chi connectivity index (χ2n) is 4.27. The third kappa shape index (κ3) is 3.28. The summed E-state index contributed by atoms with van der Waals surface area (Å²) >= 11 is 0. The van der Waals surface area contributed by atoms with Crippen molar-refractivity contribution in [1.29, 1.82) is 0 Å². The summed E-state index contributed by atoms with van der Waals surface area (Å²) in [7, 11) is 3.10. The topological polar surface area (TPSA) is 63.2 Å². The van der Waals surface area contributed by atoms with Crippen molar-refractivity contribution < 1.29 is 13.9 Å². The highest BCUT2D eigenvalue weighted by Crippen LogP contribution is 2.18. The predicted octanol–water partition coefficient (Wildman–Crippen LogP) is 2.20. The van der Waals surface area contributed by atoms with E-state index in [1.165, 1.54) is 12.3 Å². The maximum Gasteiger partial charge on any atom is 0.254 e. The van der Waals surface area contributed by atoms with E-state index in [4.69, 9.17) is 4.74 Å². The molecule has 1 heterocycles. The first kappa shape index (κ1) is 14.8. The number of carbonyl (C=O) groups excluding carboxylic acids is 1. The average Bonchev–Trinajstić information content (AvgIpc) is 2.53. The van der Waals surface area contributed by atoms with Crippen LogP contribution in [0.3, 0.4) is 0 Å². The second-order valence-corrected chi connectivity index (χ2v) is 4.27. The summed E-state index contributed by atoms with van der Waals surface area (Å²) in [6, 6.07) is 8.66. The highest BCUT2D eigenvalue weighted by molar-refractivity contribution is 5.95. The van der Waals surface area contributed by atoms with Crippen molar-refractivity contribution in [3.63, 3.8) is 0 Å². The fourth-order valence-electron chi connectivity index (χ4n) is 1.91. The van der Waals surface area contributed by atoms with Crippen LogP contribution in [-0.4, -0.2) is 25.0 Å². The first-order valence-electron chi connectivity index (χ1n) is 6.39. The number of methoxy groups -OCH3 is 1. The molecule has 0 atom stereocenters. The Kier molecular flexibility index (Phi) is 4.71. The molecule has 0 aliphatic rings. The van der Waals surface area contributed by atoms with Crippen LogP contribution in [0.1, 0.15) is 15.9 Å². The fourth-order valence-corrected chi connectivity index (χ4v) is 1.91. The Morgan fingerprint density at radius 3 is 2.81 bits per heavy atom. The molecule has 110 valence electrons. The maximum atomic E-state index is 14.0. The third-order valence-electron chi connectivity index (χ3n) is 3.00. The van der Waals surface area contributed by atoms with Gasteiger partial charge in [-0.05, 0) is 12.1 Å². The molecule has 2 aromatic rings. The molecule has 2 N–H and O–H groups in total. The minimum absolute atomic E-state index is 0.0416. The number of hydrogen-bond donors (Lipinski definition) is 2. The van der Waals surface area contributed by atoms with Crippen molar-refractivity contribution in [2.45, 2.75) is 6.54 Å². The van der Waals surface area contributed by atoms with Gasteiger partial charge in [0.25, 0.3) is 5.91 Å². The first-order chi connectivity index (χ1) is 10.2. The van der Waals surface area contributed by atoms with Gasteiger partial charge in [0.15, 0.2) is 11.6 Å². The van der Waals surface area contributed by atoms with Gasteiger partial charge < -0.3 is 15.4 Å². The van der Waals surface area contributed by atoms with Crippen LogP contribution in [0.25, 0.3) is 0 Å². The minimum Gasteiger partial charge on any atom is -0.496 e. The lowest BCUT2D eigenvalue weighted by Crippen LogP contribution is -2.24. The van der Waals surface area contributed by atoms with Gasteiger partial charge in [-0.1, -0.05) is 18.2 Å². The summed E-state index contributed by atoms with van der Waals surface area (Å²) < 4.78 is 19.2. The van der Waals surface area contributed by atoms with Crippen molar-refractivity contribution in [3.8, 4) is 5.75 Å². The summed E-state index contributed by atoms with van der Waals surface area (Å²) in [5.74, 6) is -0.460. The predicted molar refractivity (Wildman–Crippen MR) is 77.9 cm³/mol. The normalized spacial score (nSPS) is 10.0. The smallest absolute Gasteiger partial charge is 0.254 e. The first-order valence-corrected chi connectivity index (χ1v) is 6.39. The van der Waals surface area contributed by atoms with Crippen LogP contribution in [-0.2, 0) is 6.54 Å². The molecule has 0 spiro atoms. The van der Waals surface area contributed by atoms with E-state index in [0.717, 1.165) is 5.56 Å². The molecule has 0 fully saturated rings. The number of aromatic nitrogens is 1. The number of nitrogens with zero attached hydrogens (tertiary/aromatic N) is 1. The fraction of sp³-hybridized carbons (Fsp3) is 0.200. The Hall–Kier alpha value is -2.63. The molecule has 0 saturated carbocycles. The number of pyridine rings is 1. The van der Waals surface area contributed by atoms with Crippen molar-refractivity contribution >= 4 is 11.7 Å². The Balaban J connectivity index is 2.12. The zero-order valence-corrected chi connectivity index (χ0v) is 11.8. The number of rotatable bonds is 5. The third-order valence-corrected chi connectivity index (χ3v) is 3.00. The molecule has 5 nitrogen and oxygen atoms in total. The lowest BCUT2D eigenvalue weighted by atomic mass is 10.2. The van der Waals surface area contributed by atoms with E-state index in [-0.39, 0.29) is 17.9 Å². The second kappa shape index (κ2) is 6.69. The highest BCUT2D eigenvalue weighted by atomic mass is 19.1. The SMILES string of the molecule is CNc1nccc(C(=O)NCc2ccccc2OC)c1F. The zero-order chi connectivity index (χ0) is 15.2. The molecular formula is C15H16FN3O2. The Bertz CT molecular complexity index is 647. The molecule has 0 radical (unpaired) electrons.